The first-order valence-electron chi connectivity index (χ1n) is 7.07. The molecule has 0 radical (unpaired) electrons. The van der Waals surface area contributed by atoms with Gasteiger partial charge in [-0.1, -0.05) is 18.2 Å². The smallest absolute Gasteiger partial charge is 0.244 e. The van der Waals surface area contributed by atoms with Crippen molar-refractivity contribution in [1.82, 2.24) is 14.9 Å². The van der Waals surface area contributed by atoms with Crippen molar-refractivity contribution in [1.29, 1.82) is 0 Å². The topological polar surface area (TPSA) is 49.3 Å². The van der Waals surface area contributed by atoms with Crippen molar-refractivity contribution in [2.24, 2.45) is 0 Å². The lowest BCUT2D eigenvalue weighted by atomic mass is 10.2. The van der Waals surface area contributed by atoms with Crippen LogP contribution in [-0.2, 0) is 11.3 Å². The summed E-state index contributed by atoms with van der Waals surface area (Å²) >= 11 is 0. The first kappa shape index (κ1) is 13.7. The molecular formula is C16H18N4O. The molecule has 0 saturated carbocycles. The van der Waals surface area contributed by atoms with E-state index in [1.807, 2.05) is 42.3 Å². The van der Waals surface area contributed by atoms with E-state index >= 15 is 0 Å². The van der Waals surface area contributed by atoms with Crippen LogP contribution in [0.15, 0.2) is 48.9 Å². The molecule has 0 spiro atoms. The van der Waals surface area contributed by atoms with E-state index in [0.717, 1.165) is 24.3 Å². The number of hydrogen-bond donors (Lipinski definition) is 0. The summed E-state index contributed by atoms with van der Waals surface area (Å²) < 4.78 is 0. The maximum atomic E-state index is 12.6. The Bertz CT molecular complexity index is 602. The van der Waals surface area contributed by atoms with E-state index < -0.39 is 0 Å². The Morgan fingerprint density at radius 3 is 2.81 bits per heavy atom. The summed E-state index contributed by atoms with van der Waals surface area (Å²) in [6.07, 6.45) is 5.91. The van der Waals surface area contributed by atoms with E-state index in [2.05, 4.69) is 14.9 Å². The third-order valence-electron chi connectivity index (χ3n) is 3.81. The van der Waals surface area contributed by atoms with Crippen molar-refractivity contribution in [3.05, 3.63) is 54.6 Å². The van der Waals surface area contributed by atoms with Crippen LogP contribution >= 0.6 is 0 Å². The van der Waals surface area contributed by atoms with Crippen LogP contribution in [0, 0.1) is 0 Å². The van der Waals surface area contributed by atoms with Crippen LogP contribution in [0.4, 0.5) is 5.69 Å². The zero-order chi connectivity index (χ0) is 14.7. The SMILES string of the molecule is CN(Cc1cnccn1)[C@H]1CCN(c2ccccc2)C1=O. The molecule has 1 atom stereocenters. The summed E-state index contributed by atoms with van der Waals surface area (Å²) in [5.74, 6) is 0.160. The fourth-order valence-corrected chi connectivity index (χ4v) is 2.72. The molecule has 0 bridgehead atoms. The molecule has 2 heterocycles. The van der Waals surface area contributed by atoms with Gasteiger partial charge in [0.2, 0.25) is 5.91 Å². The Balaban J connectivity index is 1.69. The predicted molar refractivity (Wildman–Crippen MR) is 80.7 cm³/mol. The molecule has 0 aliphatic carbocycles. The van der Waals surface area contributed by atoms with Crippen LogP contribution in [-0.4, -0.2) is 40.4 Å². The summed E-state index contributed by atoms with van der Waals surface area (Å²) in [6.45, 7) is 1.39. The summed E-state index contributed by atoms with van der Waals surface area (Å²) in [4.78, 5) is 24.8. The minimum atomic E-state index is -0.0905. The van der Waals surface area contributed by atoms with E-state index in [0.29, 0.717) is 6.54 Å². The Hall–Kier alpha value is -2.27. The lowest BCUT2D eigenvalue weighted by Crippen LogP contribution is -2.39. The standard InChI is InChI=1S/C16H18N4O/c1-19(12-13-11-17-8-9-18-13)15-7-10-20(16(15)21)14-5-3-2-4-6-14/h2-6,8-9,11,15H,7,10,12H2,1H3/t15-/m0/s1. The van der Waals surface area contributed by atoms with Gasteiger partial charge in [0.15, 0.2) is 0 Å². The number of para-hydroxylation sites is 1. The van der Waals surface area contributed by atoms with Crippen molar-refractivity contribution in [2.45, 2.75) is 19.0 Å². The molecule has 5 heteroatoms. The molecule has 1 saturated heterocycles. The van der Waals surface area contributed by atoms with Gasteiger partial charge in [-0.3, -0.25) is 19.7 Å². The highest BCUT2D eigenvalue weighted by Crippen LogP contribution is 2.24. The van der Waals surface area contributed by atoms with Crippen LogP contribution < -0.4 is 4.90 Å². The fraction of sp³-hybridized carbons (Fsp3) is 0.312. The quantitative estimate of drug-likeness (QED) is 0.856. The van der Waals surface area contributed by atoms with Gasteiger partial charge in [-0.15, -0.1) is 0 Å². The Morgan fingerprint density at radius 1 is 1.29 bits per heavy atom. The van der Waals surface area contributed by atoms with E-state index in [1.165, 1.54) is 0 Å². The molecule has 1 aliphatic rings. The lowest BCUT2D eigenvalue weighted by molar-refractivity contribution is -0.121. The number of hydrogen-bond acceptors (Lipinski definition) is 4. The fourth-order valence-electron chi connectivity index (χ4n) is 2.72. The number of anilines is 1. The number of carbonyl (C=O) groups excluding carboxylic acids is 1. The summed E-state index contributed by atoms with van der Waals surface area (Å²) in [6, 6.07) is 9.73. The molecule has 108 valence electrons. The van der Waals surface area contributed by atoms with Crippen molar-refractivity contribution >= 4 is 11.6 Å². The normalized spacial score (nSPS) is 18.5. The molecule has 1 amide bonds. The third-order valence-corrected chi connectivity index (χ3v) is 3.81. The molecular weight excluding hydrogens is 264 g/mol. The monoisotopic (exact) mass is 282 g/mol. The number of benzene rings is 1. The van der Waals surface area contributed by atoms with Gasteiger partial charge < -0.3 is 4.90 Å². The number of nitrogens with zero attached hydrogens (tertiary/aromatic N) is 4. The first-order chi connectivity index (χ1) is 10.3. The maximum Gasteiger partial charge on any atom is 0.244 e. The minimum Gasteiger partial charge on any atom is -0.311 e. The van der Waals surface area contributed by atoms with Crippen molar-refractivity contribution < 1.29 is 4.79 Å². The van der Waals surface area contributed by atoms with Gasteiger partial charge in [0.25, 0.3) is 0 Å². The van der Waals surface area contributed by atoms with Crippen molar-refractivity contribution in [3.63, 3.8) is 0 Å². The molecule has 5 nitrogen and oxygen atoms in total. The maximum absolute atomic E-state index is 12.6. The van der Waals surface area contributed by atoms with Gasteiger partial charge in [0, 0.05) is 37.4 Å². The minimum absolute atomic E-state index is 0.0905. The van der Waals surface area contributed by atoms with Gasteiger partial charge in [0.1, 0.15) is 0 Å². The lowest BCUT2D eigenvalue weighted by Gasteiger charge is -2.23. The first-order valence-corrected chi connectivity index (χ1v) is 7.07. The largest absolute Gasteiger partial charge is 0.311 e. The molecule has 0 N–H and O–H groups in total. The summed E-state index contributed by atoms with van der Waals surface area (Å²) in [7, 11) is 1.96. The second-order valence-corrected chi connectivity index (χ2v) is 5.24. The summed E-state index contributed by atoms with van der Waals surface area (Å²) in [5.41, 5.74) is 1.85. The molecule has 1 aromatic heterocycles. The molecule has 1 aromatic carbocycles. The second-order valence-electron chi connectivity index (χ2n) is 5.24. The van der Waals surface area contributed by atoms with Crippen LogP contribution in [0.3, 0.4) is 0 Å². The highest BCUT2D eigenvalue weighted by atomic mass is 16.2. The van der Waals surface area contributed by atoms with Crippen LogP contribution in [0.25, 0.3) is 0 Å². The average Bonchev–Trinajstić information content (AvgIpc) is 2.91. The average molecular weight is 282 g/mol. The Morgan fingerprint density at radius 2 is 2.10 bits per heavy atom. The number of amides is 1. The predicted octanol–water partition coefficient (Wildman–Crippen LogP) is 1.71. The highest BCUT2D eigenvalue weighted by molar-refractivity contribution is 5.99. The summed E-state index contributed by atoms with van der Waals surface area (Å²) in [5, 5.41) is 0. The number of rotatable bonds is 4. The molecule has 21 heavy (non-hydrogen) atoms. The van der Waals surface area contributed by atoms with Gasteiger partial charge >= 0.3 is 0 Å². The van der Waals surface area contributed by atoms with Crippen molar-refractivity contribution in [2.75, 3.05) is 18.5 Å². The van der Waals surface area contributed by atoms with E-state index in [9.17, 15) is 4.79 Å². The van der Waals surface area contributed by atoms with E-state index in [1.54, 1.807) is 18.6 Å². The van der Waals surface area contributed by atoms with Crippen LogP contribution in [0.5, 0.6) is 0 Å². The van der Waals surface area contributed by atoms with Gasteiger partial charge in [0.05, 0.1) is 11.7 Å². The van der Waals surface area contributed by atoms with Gasteiger partial charge in [-0.2, -0.15) is 0 Å². The zero-order valence-corrected chi connectivity index (χ0v) is 12.0. The van der Waals surface area contributed by atoms with Crippen LogP contribution in [0.1, 0.15) is 12.1 Å². The van der Waals surface area contributed by atoms with Crippen molar-refractivity contribution in [3.8, 4) is 0 Å². The number of aromatic nitrogens is 2. The number of likely N-dealkylation sites (N-methyl/N-ethyl adjacent to an activating group) is 1. The molecule has 0 unspecified atom stereocenters. The highest BCUT2D eigenvalue weighted by Gasteiger charge is 2.35. The Labute approximate surface area is 124 Å². The second kappa shape index (κ2) is 6.01. The third kappa shape index (κ3) is 2.92. The number of carbonyl (C=O) groups is 1. The molecule has 1 aliphatic heterocycles. The zero-order valence-electron chi connectivity index (χ0n) is 12.0. The van der Waals surface area contributed by atoms with E-state index in [4.69, 9.17) is 0 Å². The molecule has 2 aromatic rings. The molecule has 3 rings (SSSR count). The van der Waals surface area contributed by atoms with Gasteiger partial charge in [-0.25, -0.2) is 0 Å². The van der Waals surface area contributed by atoms with Crippen LogP contribution in [0.2, 0.25) is 0 Å². The molecule has 1 fully saturated rings. The van der Waals surface area contributed by atoms with E-state index in [-0.39, 0.29) is 11.9 Å². The van der Waals surface area contributed by atoms with Gasteiger partial charge in [-0.05, 0) is 25.6 Å². The Kier molecular flexibility index (Phi) is 3.92.